The first-order valence-electron chi connectivity index (χ1n) is 9.08. The van der Waals surface area contributed by atoms with E-state index >= 15 is 0 Å². The summed E-state index contributed by atoms with van der Waals surface area (Å²) in [5.74, 6) is 0.748. The lowest BCUT2D eigenvalue weighted by Crippen LogP contribution is -2.33. The van der Waals surface area contributed by atoms with Crippen LogP contribution in [-0.4, -0.2) is 38.6 Å². The second kappa shape index (κ2) is 9.56. The van der Waals surface area contributed by atoms with Crippen LogP contribution in [0.3, 0.4) is 0 Å². The van der Waals surface area contributed by atoms with Gasteiger partial charge in [-0.05, 0) is 75.9 Å². The third kappa shape index (κ3) is 5.54. The summed E-state index contributed by atoms with van der Waals surface area (Å²) >= 11 is 0. The summed E-state index contributed by atoms with van der Waals surface area (Å²) in [6.07, 6.45) is 4.73. The monoisotopic (exact) mass is 317 g/mol. The summed E-state index contributed by atoms with van der Waals surface area (Å²) < 4.78 is 0. The lowest BCUT2D eigenvalue weighted by Gasteiger charge is -2.23. The van der Waals surface area contributed by atoms with E-state index in [9.17, 15) is 4.79 Å². The zero-order valence-corrected chi connectivity index (χ0v) is 14.6. The minimum atomic E-state index is 0.0406. The molecule has 0 spiro atoms. The molecule has 128 valence electrons. The van der Waals surface area contributed by atoms with Crippen molar-refractivity contribution < 1.29 is 4.79 Å². The maximum Gasteiger partial charge on any atom is 0.251 e. The minimum Gasteiger partial charge on any atom is -0.372 e. The first-order chi connectivity index (χ1) is 11.2. The van der Waals surface area contributed by atoms with Crippen LogP contribution in [0.2, 0.25) is 0 Å². The van der Waals surface area contributed by atoms with E-state index in [1.165, 1.54) is 18.5 Å². The summed E-state index contributed by atoms with van der Waals surface area (Å²) in [5.41, 5.74) is 1.95. The van der Waals surface area contributed by atoms with Crippen molar-refractivity contribution in [3.63, 3.8) is 0 Å². The maximum absolute atomic E-state index is 12.2. The quantitative estimate of drug-likeness (QED) is 0.774. The highest BCUT2D eigenvalue weighted by Gasteiger charge is 2.13. The zero-order chi connectivity index (χ0) is 16.5. The van der Waals surface area contributed by atoms with E-state index in [0.29, 0.717) is 5.92 Å². The molecule has 1 aromatic carbocycles. The van der Waals surface area contributed by atoms with Gasteiger partial charge in [0.1, 0.15) is 0 Å². The van der Waals surface area contributed by atoms with Crippen molar-refractivity contribution in [2.75, 3.05) is 37.6 Å². The van der Waals surface area contributed by atoms with Crippen molar-refractivity contribution in [3.8, 4) is 0 Å². The molecule has 0 aliphatic carbocycles. The van der Waals surface area contributed by atoms with Gasteiger partial charge in [-0.25, -0.2) is 0 Å². The molecule has 1 amide bonds. The van der Waals surface area contributed by atoms with E-state index in [-0.39, 0.29) is 5.91 Å². The molecule has 2 N–H and O–H groups in total. The Morgan fingerprint density at radius 3 is 2.70 bits per heavy atom. The Labute approximate surface area is 140 Å². The van der Waals surface area contributed by atoms with Crippen LogP contribution in [0.5, 0.6) is 0 Å². The average molecular weight is 317 g/mol. The first kappa shape index (κ1) is 17.8. The van der Waals surface area contributed by atoms with E-state index in [2.05, 4.69) is 41.5 Å². The molecule has 0 aromatic heterocycles. The highest BCUT2D eigenvalue weighted by atomic mass is 16.1. The van der Waals surface area contributed by atoms with Crippen LogP contribution in [0.1, 0.15) is 49.9 Å². The number of piperidine rings is 1. The lowest BCUT2D eigenvalue weighted by atomic mass is 9.96. The van der Waals surface area contributed by atoms with Crippen LogP contribution in [0.15, 0.2) is 24.3 Å². The number of anilines is 1. The molecule has 1 atom stereocenters. The summed E-state index contributed by atoms with van der Waals surface area (Å²) in [4.78, 5) is 14.6. The number of nitrogens with zero attached hydrogens (tertiary/aromatic N) is 1. The second-order valence-corrected chi connectivity index (χ2v) is 6.38. The largest absolute Gasteiger partial charge is 0.372 e. The first-order valence-corrected chi connectivity index (χ1v) is 9.08. The molecule has 1 heterocycles. The molecule has 0 radical (unpaired) electrons. The van der Waals surface area contributed by atoms with E-state index < -0.39 is 0 Å². The van der Waals surface area contributed by atoms with Crippen molar-refractivity contribution in [2.45, 2.75) is 39.5 Å². The lowest BCUT2D eigenvalue weighted by molar-refractivity contribution is 0.0950. The molecule has 2 rings (SSSR count). The number of hydrogen-bond donors (Lipinski definition) is 2. The van der Waals surface area contributed by atoms with Gasteiger partial charge in [0, 0.05) is 30.9 Å². The number of nitrogens with one attached hydrogen (secondary N) is 2. The number of rotatable bonds is 8. The van der Waals surface area contributed by atoms with Gasteiger partial charge in [0.25, 0.3) is 5.91 Å². The Bertz CT molecular complexity index is 466. The van der Waals surface area contributed by atoms with E-state index in [1.807, 2.05) is 12.1 Å². The molecule has 1 fully saturated rings. The SMILES string of the molecule is CCCN(CC)c1ccc(C(=O)NCCC2CCCNC2)cc1. The minimum absolute atomic E-state index is 0.0406. The van der Waals surface area contributed by atoms with Crippen LogP contribution >= 0.6 is 0 Å². The summed E-state index contributed by atoms with van der Waals surface area (Å²) in [5, 5.41) is 6.47. The van der Waals surface area contributed by atoms with Gasteiger partial charge in [-0.2, -0.15) is 0 Å². The molecule has 1 aromatic rings. The van der Waals surface area contributed by atoms with Gasteiger partial charge in [0.05, 0.1) is 0 Å². The number of carbonyl (C=O) groups excluding carboxylic acids is 1. The molecule has 4 heteroatoms. The Hall–Kier alpha value is -1.55. The third-order valence-corrected chi connectivity index (χ3v) is 4.61. The second-order valence-electron chi connectivity index (χ2n) is 6.38. The van der Waals surface area contributed by atoms with Crippen molar-refractivity contribution in [1.29, 1.82) is 0 Å². The number of carbonyl (C=O) groups is 1. The van der Waals surface area contributed by atoms with Crippen LogP contribution in [0, 0.1) is 5.92 Å². The van der Waals surface area contributed by atoms with Gasteiger partial charge in [-0.3, -0.25) is 4.79 Å². The molecule has 4 nitrogen and oxygen atoms in total. The fourth-order valence-electron chi connectivity index (χ4n) is 3.23. The fraction of sp³-hybridized carbons (Fsp3) is 0.632. The van der Waals surface area contributed by atoms with E-state index in [1.54, 1.807) is 0 Å². The maximum atomic E-state index is 12.2. The van der Waals surface area contributed by atoms with Gasteiger partial charge in [0.2, 0.25) is 0 Å². The van der Waals surface area contributed by atoms with Crippen LogP contribution in [-0.2, 0) is 0 Å². The molecule has 0 saturated carbocycles. The van der Waals surface area contributed by atoms with Crippen LogP contribution in [0.4, 0.5) is 5.69 Å². The third-order valence-electron chi connectivity index (χ3n) is 4.61. The summed E-state index contributed by atoms with van der Waals surface area (Å²) in [6.45, 7) is 9.40. The zero-order valence-electron chi connectivity index (χ0n) is 14.6. The van der Waals surface area contributed by atoms with Gasteiger partial charge in [-0.1, -0.05) is 6.92 Å². The molecule has 1 unspecified atom stereocenters. The van der Waals surface area contributed by atoms with Gasteiger partial charge < -0.3 is 15.5 Å². The summed E-state index contributed by atoms with van der Waals surface area (Å²) in [6, 6.07) is 7.98. The van der Waals surface area contributed by atoms with Gasteiger partial charge >= 0.3 is 0 Å². The predicted octanol–water partition coefficient (Wildman–Crippen LogP) is 3.04. The van der Waals surface area contributed by atoms with Crippen LogP contribution in [0.25, 0.3) is 0 Å². The molecule has 23 heavy (non-hydrogen) atoms. The highest BCUT2D eigenvalue weighted by molar-refractivity contribution is 5.94. The molecule has 1 saturated heterocycles. The smallest absolute Gasteiger partial charge is 0.251 e. The molecule has 1 aliphatic heterocycles. The normalized spacial score (nSPS) is 17.7. The van der Waals surface area contributed by atoms with Crippen molar-refractivity contribution in [1.82, 2.24) is 10.6 Å². The number of hydrogen-bond acceptors (Lipinski definition) is 3. The van der Waals surface area contributed by atoms with E-state index in [4.69, 9.17) is 0 Å². The molecule has 0 bridgehead atoms. The number of benzene rings is 1. The topological polar surface area (TPSA) is 44.4 Å². The summed E-state index contributed by atoms with van der Waals surface area (Å²) in [7, 11) is 0. The number of amides is 1. The van der Waals surface area contributed by atoms with Crippen molar-refractivity contribution >= 4 is 11.6 Å². The Balaban J connectivity index is 1.80. The molecule has 1 aliphatic rings. The van der Waals surface area contributed by atoms with Crippen molar-refractivity contribution in [3.05, 3.63) is 29.8 Å². The highest BCUT2D eigenvalue weighted by Crippen LogP contribution is 2.16. The Morgan fingerprint density at radius 1 is 1.30 bits per heavy atom. The van der Waals surface area contributed by atoms with Crippen LogP contribution < -0.4 is 15.5 Å². The molecular weight excluding hydrogens is 286 g/mol. The standard InChI is InChI=1S/C19H31N3O/c1-3-14-22(4-2)18-9-7-17(8-10-18)19(23)21-13-11-16-6-5-12-20-15-16/h7-10,16,20H,3-6,11-15H2,1-2H3,(H,21,23). The van der Waals surface area contributed by atoms with E-state index in [0.717, 1.165) is 51.1 Å². The molecular formula is C19H31N3O. The Kier molecular flexibility index (Phi) is 7.40. The fourth-order valence-corrected chi connectivity index (χ4v) is 3.23. The van der Waals surface area contributed by atoms with Gasteiger partial charge in [0.15, 0.2) is 0 Å². The average Bonchev–Trinajstić information content (AvgIpc) is 2.60. The van der Waals surface area contributed by atoms with Gasteiger partial charge in [-0.15, -0.1) is 0 Å². The van der Waals surface area contributed by atoms with Crippen molar-refractivity contribution in [2.24, 2.45) is 5.92 Å². The Morgan fingerprint density at radius 2 is 2.09 bits per heavy atom. The predicted molar refractivity (Wildman–Crippen MR) is 97.2 cm³/mol.